The second-order valence-corrected chi connectivity index (χ2v) is 3.72. The number of aromatic nitrogens is 2. The van der Waals surface area contributed by atoms with Gasteiger partial charge in [0, 0.05) is 6.92 Å². The van der Waals surface area contributed by atoms with E-state index in [9.17, 15) is 0 Å². The van der Waals surface area contributed by atoms with Crippen LogP contribution in [0.2, 0.25) is 0 Å². The monoisotopic (exact) mass is 194 g/mol. The predicted octanol–water partition coefficient (Wildman–Crippen LogP) is 2.59. The van der Waals surface area contributed by atoms with E-state index in [1.165, 1.54) is 5.56 Å². The van der Waals surface area contributed by atoms with E-state index in [-0.39, 0.29) is 5.92 Å². The van der Waals surface area contributed by atoms with Gasteiger partial charge in [-0.1, -0.05) is 0 Å². The van der Waals surface area contributed by atoms with Crippen molar-refractivity contribution in [2.45, 2.75) is 19.8 Å². The van der Waals surface area contributed by atoms with E-state index in [4.69, 9.17) is 4.42 Å². The van der Waals surface area contributed by atoms with Crippen LogP contribution in [-0.4, -0.2) is 10.2 Å². The fraction of sp³-hybridized carbons (Fsp3) is 0.333. The molecule has 0 radical (unpaired) electrons. The van der Waals surface area contributed by atoms with Crippen LogP contribution in [0.5, 0.6) is 0 Å². The lowest BCUT2D eigenvalue weighted by Gasteiger charge is -2.01. The first kappa shape index (κ1) is 8.44. The molecule has 2 aromatic heterocycles. The van der Waals surface area contributed by atoms with Crippen LogP contribution in [0.25, 0.3) is 0 Å². The van der Waals surface area contributed by atoms with Crippen LogP contribution in [0.15, 0.2) is 21.2 Å². The predicted molar refractivity (Wildman–Crippen MR) is 50.9 cm³/mol. The molecular formula is C9H10N2OS. The van der Waals surface area contributed by atoms with Gasteiger partial charge in [0.15, 0.2) is 0 Å². The Labute approximate surface area is 80.4 Å². The molecule has 2 rings (SSSR count). The maximum Gasteiger partial charge on any atom is 0.223 e. The van der Waals surface area contributed by atoms with Crippen LogP contribution in [0, 0.1) is 6.92 Å². The van der Waals surface area contributed by atoms with Gasteiger partial charge in [-0.05, 0) is 29.3 Å². The molecule has 1 unspecified atom stereocenters. The Morgan fingerprint density at radius 1 is 1.46 bits per heavy atom. The molecule has 0 amide bonds. The second kappa shape index (κ2) is 3.30. The summed E-state index contributed by atoms with van der Waals surface area (Å²) in [5.74, 6) is 1.51. The molecule has 13 heavy (non-hydrogen) atoms. The van der Waals surface area contributed by atoms with Crippen molar-refractivity contribution < 1.29 is 4.42 Å². The molecule has 1 atom stereocenters. The number of aryl methyl sites for hydroxylation is 1. The van der Waals surface area contributed by atoms with Crippen molar-refractivity contribution in [3.8, 4) is 0 Å². The molecule has 2 heterocycles. The van der Waals surface area contributed by atoms with Gasteiger partial charge in [0.05, 0.1) is 5.92 Å². The van der Waals surface area contributed by atoms with E-state index >= 15 is 0 Å². The molecule has 4 heteroatoms. The minimum atomic E-state index is 0.201. The lowest BCUT2D eigenvalue weighted by atomic mass is 10.1. The molecule has 0 N–H and O–H groups in total. The average Bonchev–Trinajstić information content (AvgIpc) is 2.72. The van der Waals surface area contributed by atoms with Crippen molar-refractivity contribution in [1.82, 2.24) is 10.2 Å². The van der Waals surface area contributed by atoms with E-state index in [0.717, 1.165) is 0 Å². The minimum Gasteiger partial charge on any atom is -0.425 e. The fourth-order valence-corrected chi connectivity index (χ4v) is 1.90. The molecule has 68 valence electrons. The van der Waals surface area contributed by atoms with Crippen LogP contribution in [0.4, 0.5) is 0 Å². The highest BCUT2D eigenvalue weighted by Gasteiger charge is 2.14. The lowest BCUT2D eigenvalue weighted by Crippen LogP contribution is -1.93. The van der Waals surface area contributed by atoms with Crippen molar-refractivity contribution in [1.29, 1.82) is 0 Å². The molecule has 0 bridgehead atoms. The summed E-state index contributed by atoms with van der Waals surface area (Å²) in [6.45, 7) is 3.87. The summed E-state index contributed by atoms with van der Waals surface area (Å²) in [5.41, 5.74) is 1.23. The molecule has 0 aliphatic rings. The normalized spacial score (nSPS) is 13.1. The van der Waals surface area contributed by atoms with E-state index in [1.807, 2.05) is 0 Å². The van der Waals surface area contributed by atoms with Crippen LogP contribution in [0.3, 0.4) is 0 Å². The van der Waals surface area contributed by atoms with Crippen molar-refractivity contribution >= 4 is 11.3 Å². The summed E-state index contributed by atoms with van der Waals surface area (Å²) >= 11 is 1.68. The van der Waals surface area contributed by atoms with Crippen molar-refractivity contribution in [2.75, 3.05) is 0 Å². The smallest absolute Gasteiger partial charge is 0.223 e. The minimum absolute atomic E-state index is 0.201. The highest BCUT2D eigenvalue weighted by molar-refractivity contribution is 7.07. The summed E-state index contributed by atoms with van der Waals surface area (Å²) in [6.07, 6.45) is 0. The van der Waals surface area contributed by atoms with Gasteiger partial charge in [-0.25, -0.2) is 0 Å². The first-order valence-electron chi connectivity index (χ1n) is 4.09. The second-order valence-electron chi connectivity index (χ2n) is 2.94. The molecule has 0 aliphatic heterocycles. The highest BCUT2D eigenvalue weighted by atomic mass is 32.1. The van der Waals surface area contributed by atoms with Gasteiger partial charge in [-0.15, -0.1) is 10.2 Å². The quantitative estimate of drug-likeness (QED) is 0.737. The van der Waals surface area contributed by atoms with E-state index in [1.54, 1.807) is 18.3 Å². The summed E-state index contributed by atoms with van der Waals surface area (Å²) in [6, 6.07) is 2.08. The van der Waals surface area contributed by atoms with Crippen LogP contribution < -0.4 is 0 Å². The first-order valence-corrected chi connectivity index (χ1v) is 5.04. The molecule has 2 aromatic rings. The lowest BCUT2D eigenvalue weighted by molar-refractivity contribution is 0.456. The maximum absolute atomic E-state index is 5.35. The number of rotatable bonds is 2. The third kappa shape index (κ3) is 1.62. The Morgan fingerprint density at radius 2 is 2.31 bits per heavy atom. The van der Waals surface area contributed by atoms with E-state index in [2.05, 4.69) is 33.9 Å². The van der Waals surface area contributed by atoms with Gasteiger partial charge < -0.3 is 4.42 Å². The van der Waals surface area contributed by atoms with Gasteiger partial charge in [0.25, 0.3) is 0 Å². The Hall–Kier alpha value is -1.16. The largest absolute Gasteiger partial charge is 0.425 e. The van der Waals surface area contributed by atoms with Gasteiger partial charge >= 0.3 is 0 Å². The molecule has 0 aromatic carbocycles. The standard InChI is InChI=1S/C9H10N2OS/c1-6(8-3-4-13-5-8)9-11-10-7(2)12-9/h3-6H,1-2H3. The third-order valence-corrected chi connectivity index (χ3v) is 2.66. The topological polar surface area (TPSA) is 38.9 Å². The summed E-state index contributed by atoms with van der Waals surface area (Å²) in [5, 5.41) is 11.9. The molecule has 0 spiro atoms. The molecule has 0 saturated carbocycles. The number of nitrogens with zero attached hydrogens (tertiary/aromatic N) is 2. The van der Waals surface area contributed by atoms with E-state index in [0.29, 0.717) is 11.8 Å². The van der Waals surface area contributed by atoms with Gasteiger partial charge in [0.2, 0.25) is 11.8 Å². The van der Waals surface area contributed by atoms with Crippen LogP contribution in [-0.2, 0) is 0 Å². The molecule has 3 nitrogen and oxygen atoms in total. The zero-order chi connectivity index (χ0) is 9.26. The summed E-state index contributed by atoms with van der Waals surface area (Å²) in [7, 11) is 0. The fourth-order valence-electron chi connectivity index (χ4n) is 1.15. The summed E-state index contributed by atoms with van der Waals surface area (Å²) < 4.78 is 5.35. The van der Waals surface area contributed by atoms with Gasteiger partial charge in [-0.3, -0.25) is 0 Å². The van der Waals surface area contributed by atoms with Gasteiger partial charge in [0.1, 0.15) is 0 Å². The Bertz CT molecular complexity index is 380. The number of hydrogen-bond acceptors (Lipinski definition) is 4. The zero-order valence-electron chi connectivity index (χ0n) is 7.52. The van der Waals surface area contributed by atoms with Crippen LogP contribution in [0.1, 0.15) is 30.2 Å². The Morgan fingerprint density at radius 3 is 2.85 bits per heavy atom. The third-order valence-electron chi connectivity index (χ3n) is 1.96. The van der Waals surface area contributed by atoms with Crippen molar-refractivity contribution in [3.05, 3.63) is 34.2 Å². The van der Waals surface area contributed by atoms with Crippen molar-refractivity contribution in [2.24, 2.45) is 0 Å². The van der Waals surface area contributed by atoms with Gasteiger partial charge in [-0.2, -0.15) is 11.3 Å². The first-order chi connectivity index (χ1) is 6.27. The average molecular weight is 194 g/mol. The zero-order valence-corrected chi connectivity index (χ0v) is 8.34. The number of hydrogen-bond donors (Lipinski definition) is 0. The Balaban J connectivity index is 2.28. The molecule has 0 fully saturated rings. The molecule has 0 aliphatic carbocycles. The van der Waals surface area contributed by atoms with E-state index < -0.39 is 0 Å². The molecule has 0 saturated heterocycles. The van der Waals surface area contributed by atoms with Crippen LogP contribution >= 0.6 is 11.3 Å². The number of thiophene rings is 1. The maximum atomic E-state index is 5.35. The Kier molecular flexibility index (Phi) is 2.14. The van der Waals surface area contributed by atoms with Crippen molar-refractivity contribution in [3.63, 3.8) is 0 Å². The SMILES string of the molecule is Cc1nnc(C(C)c2ccsc2)o1. The molecular weight excluding hydrogens is 184 g/mol. The summed E-state index contributed by atoms with van der Waals surface area (Å²) in [4.78, 5) is 0. The highest BCUT2D eigenvalue weighted by Crippen LogP contribution is 2.24.